The molecular formula is C5H9NO2S. The molecular weight excluding hydrogens is 138 g/mol. The number of hydrogen-bond donors (Lipinski definition) is 3. The first-order valence-corrected chi connectivity index (χ1v) is 3.36. The van der Waals surface area contributed by atoms with Crippen LogP contribution >= 0.6 is 12.6 Å². The lowest BCUT2D eigenvalue weighted by molar-refractivity contribution is -0.139. The van der Waals surface area contributed by atoms with E-state index in [1.165, 1.54) is 0 Å². The van der Waals surface area contributed by atoms with Crippen LogP contribution < -0.4 is 5.32 Å². The maximum atomic E-state index is 10.3. The Morgan fingerprint density at radius 2 is 2.44 bits per heavy atom. The molecule has 4 heteroatoms. The summed E-state index contributed by atoms with van der Waals surface area (Å²) in [5, 5.41) is 11.5. The van der Waals surface area contributed by atoms with Gasteiger partial charge in [0.2, 0.25) is 0 Å². The van der Waals surface area contributed by atoms with Gasteiger partial charge in [-0.15, -0.1) is 0 Å². The molecule has 1 saturated heterocycles. The molecule has 0 aromatic carbocycles. The van der Waals surface area contributed by atoms with Crippen molar-refractivity contribution in [2.75, 3.05) is 6.54 Å². The van der Waals surface area contributed by atoms with Gasteiger partial charge in [0.25, 0.3) is 0 Å². The van der Waals surface area contributed by atoms with E-state index < -0.39 is 5.97 Å². The maximum Gasteiger partial charge on any atom is 0.320 e. The van der Waals surface area contributed by atoms with Gasteiger partial charge in [0.1, 0.15) is 6.04 Å². The topological polar surface area (TPSA) is 49.3 Å². The molecule has 1 aliphatic heterocycles. The molecule has 1 rings (SSSR count). The van der Waals surface area contributed by atoms with E-state index >= 15 is 0 Å². The highest BCUT2D eigenvalue weighted by atomic mass is 32.1. The fourth-order valence-electron chi connectivity index (χ4n) is 0.905. The number of carboxylic acid groups (broad SMARTS) is 1. The molecule has 0 radical (unpaired) electrons. The first kappa shape index (κ1) is 6.89. The molecule has 1 aliphatic rings. The van der Waals surface area contributed by atoms with Gasteiger partial charge in [-0.2, -0.15) is 12.6 Å². The summed E-state index contributed by atoms with van der Waals surface area (Å²) in [4.78, 5) is 10.3. The number of rotatable bonds is 1. The van der Waals surface area contributed by atoms with Crippen molar-refractivity contribution in [1.29, 1.82) is 0 Å². The molecule has 3 nitrogen and oxygen atoms in total. The van der Waals surface area contributed by atoms with Crippen molar-refractivity contribution in [3.63, 3.8) is 0 Å². The summed E-state index contributed by atoms with van der Waals surface area (Å²) in [7, 11) is 0. The normalized spacial score (nSPS) is 34.8. The van der Waals surface area contributed by atoms with Gasteiger partial charge in [0.05, 0.1) is 0 Å². The molecule has 0 spiro atoms. The fraction of sp³-hybridized carbons (Fsp3) is 0.800. The second-order valence-corrected chi connectivity index (χ2v) is 2.92. The van der Waals surface area contributed by atoms with E-state index in [2.05, 4.69) is 17.9 Å². The second-order valence-electron chi connectivity index (χ2n) is 2.19. The van der Waals surface area contributed by atoms with E-state index in [4.69, 9.17) is 5.11 Å². The summed E-state index contributed by atoms with van der Waals surface area (Å²) < 4.78 is 0. The van der Waals surface area contributed by atoms with Gasteiger partial charge >= 0.3 is 5.97 Å². The quantitative estimate of drug-likeness (QED) is 0.447. The minimum atomic E-state index is -0.772. The van der Waals surface area contributed by atoms with Crippen LogP contribution in [-0.4, -0.2) is 28.9 Å². The van der Waals surface area contributed by atoms with E-state index in [0.29, 0.717) is 13.0 Å². The lowest BCUT2D eigenvalue weighted by atomic mass is 10.2. The minimum absolute atomic E-state index is 0.214. The van der Waals surface area contributed by atoms with E-state index in [-0.39, 0.29) is 11.3 Å². The Kier molecular flexibility index (Phi) is 1.97. The molecule has 2 unspecified atom stereocenters. The Morgan fingerprint density at radius 1 is 1.78 bits per heavy atom. The molecule has 1 heterocycles. The van der Waals surface area contributed by atoms with Crippen LogP contribution in [0.25, 0.3) is 0 Å². The lowest BCUT2D eigenvalue weighted by Gasteiger charge is -1.99. The minimum Gasteiger partial charge on any atom is -0.480 e. The molecule has 9 heavy (non-hydrogen) atoms. The summed E-state index contributed by atoms with van der Waals surface area (Å²) in [6, 6.07) is -0.368. The van der Waals surface area contributed by atoms with Gasteiger partial charge < -0.3 is 10.4 Å². The number of hydrogen-bond acceptors (Lipinski definition) is 3. The van der Waals surface area contributed by atoms with Crippen molar-refractivity contribution in [3.05, 3.63) is 0 Å². The van der Waals surface area contributed by atoms with Crippen molar-refractivity contribution in [2.45, 2.75) is 17.7 Å². The molecule has 0 saturated carbocycles. The lowest BCUT2D eigenvalue weighted by Crippen LogP contribution is -2.29. The van der Waals surface area contributed by atoms with Crippen LogP contribution in [0, 0.1) is 0 Å². The van der Waals surface area contributed by atoms with Crippen molar-refractivity contribution in [3.8, 4) is 0 Å². The van der Waals surface area contributed by atoms with Gasteiger partial charge in [-0.05, 0) is 6.42 Å². The fourth-order valence-corrected chi connectivity index (χ4v) is 1.22. The molecule has 0 aromatic rings. The number of aliphatic carboxylic acids is 1. The number of nitrogens with one attached hydrogen (secondary N) is 1. The van der Waals surface area contributed by atoms with Crippen LogP contribution in [0.1, 0.15) is 6.42 Å². The molecule has 0 aliphatic carbocycles. The summed E-state index contributed by atoms with van der Waals surface area (Å²) >= 11 is 4.12. The van der Waals surface area contributed by atoms with Gasteiger partial charge in [-0.25, -0.2) is 0 Å². The van der Waals surface area contributed by atoms with Crippen molar-refractivity contribution in [2.24, 2.45) is 0 Å². The first-order valence-electron chi connectivity index (χ1n) is 2.84. The second kappa shape index (κ2) is 2.58. The zero-order valence-corrected chi connectivity index (χ0v) is 5.77. The van der Waals surface area contributed by atoms with E-state index in [9.17, 15) is 4.79 Å². The van der Waals surface area contributed by atoms with E-state index in [1.807, 2.05) is 0 Å². The first-order chi connectivity index (χ1) is 4.20. The predicted octanol–water partition coefficient (Wildman–Crippen LogP) is -0.269. The molecule has 0 amide bonds. The number of carbonyl (C=O) groups is 1. The molecule has 0 bridgehead atoms. The van der Waals surface area contributed by atoms with Crippen LogP contribution in [0.3, 0.4) is 0 Å². The Balaban J connectivity index is 2.39. The Hall–Kier alpha value is -0.220. The highest BCUT2D eigenvalue weighted by molar-refractivity contribution is 7.81. The highest BCUT2D eigenvalue weighted by Gasteiger charge is 2.26. The average molecular weight is 147 g/mol. The number of thiol groups is 1. The third kappa shape index (κ3) is 1.59. The molecule has 52 valence electrons. The van der Waals surface area contributed by atoms with E-state index in [1.54, 1.807) is 0 Å². The van der Waals surface area contributed by atoms with Crippen molar-refractivity contribution in [1.82, 2.24) is 5.32 Å². The average Bonchev–Trinajstić information content (AvgIpc) is 2.14. The Morgan fingerprint density at radius 3 is 2.67 bits per heavy atom. The standard InChI is InChI=1S/C5H9NO2S/c7-5(8)4-1-3(9)2-6-4/h3-4,6,9H,1-2H2,(H,7,8). The van der Waals surface area contributed by atoms with Crippen LogP contribution in [0.15, 0.2) is 0 Å². The zero-order valence-electron chi connectivity index (χ0n) is 4.87. The maximum absolute atomic E-state index is 10.3. The third-order valence-corrected chi connectivity index (χ3v) is 1.80. The van der Waals surface area contributed by atoms with Crippen molar-refractivity contribution >= 4 is 18.6 Å². The van der Waals surface area contributed by atoms with Crippen LogP contribution in [0.2, 0.25) is 0 Å². The molecule has 0 aromatic heterocycles. The van der Waals surface area contributed by atoms with Crippen LogP contribution in [0.4, 0.5) is 0 Å². The smallest absolute Gasteiger partial charge is 0.320 e. The largest absolute Gasteiger partial charge is 0.480 e. The van der Waals surface area contributed by atoms with Crippen LogP contribution in [-0.2, 0) is 4.79 Å². The summed E-state index contributed by atoms with van der Waals surface area (Å²) in [5.41, 5.74) is 0. The van der Waals surface area contributed by atoms with Gasteiger partial charge in [0, 0.05) is 11.8 Å². The monoisotopic (exact) mass is 147 g/mol. The zero-order chi connectivity index (χ0) is 6.85. The van der Waals surface area contributed by atoms with E-state index in [0.717, 1.165) is 0 Å². The Labute approximate surface area is 58.9 Å². The third-order valence-electron chi connectivity index (χ3n) is 1.41. The van der Waals surface area contributed by atoms with Crippen molar-refractivity contribution < 1.29 is 9.90 Å². The summed E-state index contributed by atoms with van der Waals surface area (Å²) in [5.74, 6) is -0.772. The van der Waals surface area contributed by atoms with Crippen LogP contribution in [0.5, 0.6) is 0 Å². The number of carboxylic acids is 1. The summed E-state index contributed by atoms with van der Waals surface area (Å²) in [6.07, 6.45) is 0.637. The highest BCUT2D eigenvalue weighted by Crippen LogP contribution is 2.11. The SMILES string of the molecule is O=C(O)C1CC(S)CN1. The van der Waals surface area contributed by atoms with Gasteiger partial charge in [0.15, 0.2) is 0 Å². The summed E-state index contributed by atoms with van der Waals surface area (Å²) in [6.45, 7) is 0.708. The molecule has 2 N–H and O–H groups in total. The molecule has 2 atom stereocenters. The van der Waals surface area contributed by atoms with Gasteiger partial charge in [-0.1, -0.05) is 0 Å². The Bertz CT molecular complexity index is 128. The molecule has 1 fully saturated rings. The van der Waals surface area contributed by atoms with Gasteiger partial charge in [-0.3, -0.25) is 4.79 Å². The predicted molar refractivity (Wildman–Crippen MR) is 36.8 cm³/mol.